The van der Waals surface area contributed by atoms with Crippen LogP contribution in [0.1, 0.15) is 26.2 Å². The van der Waals surface area contributed by atoms with E-state index in [4.69, 9.17) is 10.2 Å². The summed E-state index contributed by atoms with van der Waals surface area (Å²) in [4.78, 5) is 0. The molecule has 0 saturated heterocycles. The minimum atomic E-state index is -0.695. The Kier molecular flexibility index (Phi) is 5.54. The average molecular weight is 150 g/mol. The molecule has 0 radical (unpaired) electrons. The molecule has 0 spiro atoms. The second kappa shape index (κ2) is 5.62. The van der Waals surface area contributed by atoms with Crippen molar-refractivity contribution in [3.63, 3.8) is 0 Å². The monoisotopic (exact) mass is 150 g/mol. The fourth-order valence-corrected chi connectivity index (χ4v) is 0.689. The van der Waals surface area contributed by atoms with E-state index in [0.29, 0.717) is 19.3 Å². The second-order valence-electron chi connectivity index (χ2n) is 2.49. The number of rotatable bonds is 5. The van der Waals surface area contributed by atoms with E-state index in [1.807, 2.05) is 0 Å². The number of halogens is 1. The van der Waals surface area contributed by atoms with Crippen LogP contribution in [0.4, 0.5) is 4.39 Å². The van der Waals surface area contributed by atoms with Gasteiger partial charge in [-0.3, -0.25) is 4.39 Å². The van der Waals surface area contributed by atoms with Crippen molar-refractivity contribution in [3.8, 4) is 0 Å². The van der Waals surface area contributed by atoms with Crippen LogP contribution in [0.3, 0.4) is 0 Å². The van der Waals surface area contributed by atoms with Gasteiger partial charge < -0.3 is 10.2 Å². The van der Waals surface area contributed by atoms with E-state index < -0.39 is 12.2 Å². The van der Waals surface area contributed by atoms with Gasteiger partial charge in [0, 0.05) is 0 Å². The summed E-state index contributed by atoms with van der Waals surface area (Å²) in [5.41, 5.74) is 0. The van der Waals surface area contributed by atoms with Crippen LogP contribution in [0.15, 0.2) is 0 Å². The van der Waals surface area contributed by atoms with E-state index >= 15 is 0 Å². The molecule has 2 nitrogen and oxygen atoms in total. The van der Waals surface area contributed by atoms with Gasteiger partial charge in [0.1, 0.15) is 0 Å². The summed E-state index contributed by atoms with van der Waals surface area (Å²) >= 11 is 0. The van der Waals surface area contributed by atoms with Gasteiger partial charge >= 0.3 is 0 Å². The third-order valence-electron chi connectivity index (χ3n) is 1.44. The molecule has 0 heterocycles. The maximum Gasteiger partial charge on any atom is 0.0894 e. The highest BCUT2D eigenvalue weighted by Crippen LogP contribution is 2.04. The summed E-state index contributed by atoms with van der Waals surface area (Å²) in [7, 11) is 0. The molecule has 0 fully saturated rings. The van der Waals surface area contributed by atoms with E-state index in [1.54, 1.807) is 0 Å². The highest BCUT2D eigenvalue weighted by molar-refractivity contribution is 4.61. The molecule has 0 amide bonds. The van der Waals surface area contributed by atoms with Gasteiger partial charge in [-0.25, -0.2) is 0 Å². The van der Waals surface area contributed by atoms with Gasteiger partial charge in [0.05, 0.1) is 18.9 Å². The topological polar surface area (TPSA) is 40.5 Å². The maximum atomic E-state index is 11.5. The lowest BCUT2D eigenvalue weighted by Gasteiger charge is -2.11. The van der Waals surface area contributed by atoms with Gasteiger partial charge in [-0.15, -0.1) is 0 Å². The summed E-state index contributed by atoms with van der Waals surface area (Å²) < 4.78 is 11.5. The SMILES string of the molecule is CC(O)C(O)CCCCF. The Bertz CT molecular complexity index is 76.0. The lowest BCUT2D eigenvalue weighted by atomic mass is 10.1. The number of aliphatic hydroxyl groups is 2. The third-order valence-corrected chi connectivity index (χ3v) is 1.44. The van der Waals surface area contributed by atoms with Gasteiger partial charge in [-0.05, 0) is 26.2 Å². The normalized spacial score (nSPS) is 16.8. The van der Waals surface area contributed by atoms with Crippen molar-refractivity contribution in [3.05, 3.63) is 0 Å². The molecule has 2 unspecified atom stereocenters. The minimum absolute atomic E-state index is 0.341. The van der Waals surface area contributed by atoms with E-state index in [2.05, 4.69) is 0 Å². The van der Waals surface area contributed by atoms with Crippen molar-refractivity contribution < 1.29 is 14.6 Å². The fourth-order valence-electron chi connectivity index (χ4n) is 0.689. The molecule has 2 atom stereocenters. The van der Waals surface area contributed by atoms with Gasteiger partial charge in [0.25, 0.3) is 0 Å². The molecular weight excluding hydrogens is 135 g/mol. The molecule has 3 heteroatoms. The summed E-state index contributed by atoms with van der Waals surface area (Å²) in [6.45, 7) is 1.19. The summed E-state index contributed by atoms with van der Waals surface area (Å²) in [6.07, 6.45) is 0.222. The number of unbranched alkanes of at least 4 members (excludes halogenated alkanes) is 1. The zero-order valence-corrected chi connectivity index (χ0v) is 6.26. The van der Waals surface area contributed by atoms with Crippen LogP contribution in [0.5, 0.6) is 0 Å². The Hall–Kier alpha value is -0.150. The average Bonchev–Trinajstić information content (AvgIpc) is 1.88. The molecule has 0 aliphatic carbocycles. The second-order valence-corrected chi connectivity index (χ2v) is 2.49. The number of hydrogen-bond donors (Lipinski definition) is 2. The summed E-state index contributed by atoms with van der Waals surface area (Å²) in [5.74, 6) is 0. The predicted octanol–water partition coefficient (Wildman–Crippen LogP) is 0.868. The molecule has 0 aliphatic heterocycles. The first-order valence-electron chi connectivity index (χ1n) is 3.60. The smallest absolute Gasteiger partial charge is 0.0894 e. The first-order chi connectivity index (χ1) is 4.68. The van der Waals surface area contributed by atoms with Crippen molar-refractivity contribution in [2.45, 2.75) is 38.4 Å². The number of hydrogen-bond acceptors (Lipinski definition) is 2. The maximum absolute atomic E-state index is 11.5. The van der Waals surface area contributed by atoms with Crippen LogP contribution in [0, 0.1) is 0 Å². The molecule has 0 aliphatic rings. The zero-order chi connectivity index (χ0) is 7.98. The van der Waals surface area contributed by atoms with Crippen LogP contribution >= 0.6 is 0 Å². The van der Waals surface area contributed by atoms with E-state index in [9.17, 15) is 4.39 Å². The molecule has 10 heavy (non-hydrogen) atoms. The molecule has 2 N–H and O–H groups in total. The highest BCUT2D eigenvalue weighted by Gasteiger charge is 2.08. The standard InChI is InChI=1S/C7H15FO2/c1-6(9)7(10)4-2-3-5-8/h6-7,9-10H,2-5H2,1H3. The van der Waals surface area contributed by atoms with Crippen LogP contribution in [0.2, 0.25) is 0 Å². The van der Waals surface area contributed by atoms with Crippen molar-refractivity contribution in [1.82, 2.24) is 0 Å². The van der Waals surface area contributed by atoms with Gasteiger partial charge in [-0.1, -0.05) is 0 Å². The van der Waals surface area contributed by atoms with Crippen LogP contribution in [-0.4, -0.2) is 29.1 Å². The lowest BCUT2D eigenvalue weighted by molar-refractivity contribution is 0.0245. The summed E-state index contributed by atoms with van der Waals surface area (Å²) in [5, 5.41) is 17.8. The Morgan fingerprint density at radius 1 is 1.30 bits per heavy atom. The van der Waals surface area contributed by atoms with E-state index in [1.165, 1.54) is 6.92 Å². The van der Waals surface area contributed by atoms with Crippen LogP contribution < -0.4 is 0 Å². The Morgan fingerprint density at radius 3 is 2.30 bits per heavy atom. The molecule has 0 saturated carbocycles. The number of alkyl halides is 1. The molecule has 0 aromatic rings. The Labute approximate surface area is 60.7 Å². The van der Waals surface area contributed by atoms with Crippen molar-refractivity contribution in [2.75, 3.05) is 6.67 Å². The molecule has 0 aromatic heterocycles. The first kappa shape index (κ1) is 9.85. The van der Waals surface area contributed by atoms with Crippen molar-refractivity contribution >= 4 is 0 Å². The molecule has 0 bridgehead atoms. The van der Waals surface area contributed by atoms with Gasteiger partial charge in [0.2, 0.25) is 0 Å². The lowest BCUT2D eigenvalue weighted by Crippen LogP contribution is -2.21. The highest BCUT2D eigenvalue weighted by atomic mass is 19.1. The number of aliphatic hydroxyl groups excluding tert-OH is 2. The van der Waals surface area contributed by atoms with E-state index in [0.717, 1.165) is 0 Å². The van der Waals surface area contributed by atoms with Gasteiger partial charge in [0.15, 0.2) is 0 Å². The Balaban J connectivity index is 3.13. The zero-order valence-electron chi connectivity index (χ0n) is 6.26. The molecule has 0 aromatic carbocycles. The third kappa shape index (κ3) is 4.70. The quantitative estimate of drug-likeness (QED) is 0.571. The molecule has 0 rings (SSSR count). The van der Waals surface area contributed by atoms with E-state index in [-0.39, 0.29) is 6.67 Å². The van der Waals surface area contributed by atoms with Crippen LogP contribution in [0.25, 0.3) is 0 Å². The fraction of sp³-hybridized carbons (Fsp3) is 1.00. The van der Waals surface area contributed by atoms with Crippen molar-refractivity contribution in [1.29, 1.82) is 0 Å². The largest absolute Gasteiger partial charge is 0.391 e. The minimum Gasteiger partial charge on any atom is -0.391 e. The summed E-state index contributed by atoms with van der Waals surface area (Å²) in [6, 6.07) is 0. The predicted molar refractivity (Wildman–Crippen MR) is 37.5 cm³/mol. The van der Waals surface area contributed by atoms with Gasteiger partial charge in [-0.2, -0.15) is 0 Å². The van der Waals surface area contributed by atoms with Crippen LogP contribution in [-0.2, 0) is 0 Å². The molecular formula is C7H15FO2. The first-order valence-corrected chi connectivity index (χ1v) is 3.60. The Morgan fingerprint density at radius 2 is 1.90 bits per heavy atom. The van der Waals surface area contributed by atoms with Crippen molar-refractivity contribution in [2.24, 2.45) is 0 Å². The molecule has 62 valence electrons.